The number of carbonyl (C=O) groups excluding carboxylic acids is 1. The van der Waals surface area contributed by atoms with Crippen LogP contribution in [0.15, 0.2) is 24.3 Å². The van der Waals surface area contributed by atoms with Crippen LogP contribution in [-0.4, -0.2) is 49.1 Å². The highest BCUT2D eigenvalue weighted by Crippen LogP contribution is 2.39. The lowest BCUT2D eigenvalue weighted by Crippen LogP contribution is -2.53. The Hall–Kier alpha value is -2.13. The number of nitrogens with zero attached hydrogens (tertiary/aromatic N) is 3. The van der Waals surface area contributed by atoms with Gasteiger partial charge in [0.25, 0.3) is 0 Å². The van der Waals surface area contributed by atoms with Gasteiger partial charge in [0.05, 0.1) is 18.3 Å². The molecule has 3 rings (SSSR count). The van der Waals surface area contributed by atoms with Gasteiger partial charge in [0, 0.05) is 26.2 Å². The van der Waals surface area contributed by atoms with Gasteiger partial charge in [-0.15, -0.1) is 0 Å². The Kier molecular flexibility index (Phi) is 4.72. The molecule has 5 nitrogen and oxygen atoms in total. The summed E-state index contributed by atoms with van der Waals surface area (Å²) >= 11 is 0. The van der Waals surface area contributed by atoms with Crippen molar-refractivity contribution in [1.82, 2.24) is 10.2 Å². The summed E-state index contributed by atoms with van der Waals surface area (Å²) in [6.07, 6.45) is 2.01. The number of amides is 1. The molecular weight excluding hydrogens is 307 g/mol. The van der Waals surface area contributed by atoms with E-state index in [1.54, 1.807) is 19.1 Å². The molecule has 1 heterocycles. The van der Waals surface area contributed by atoms with Gasteiger partial charge in [0.15, 0.2) is 0 Å². The summed E-state index contributed by atoms with van der Waals surface area (Å²) < 4.78 is 13.8. The second-order valence-corrected chi connectivity index (χ2v) is 6.85. The molecular formula is C18H23FN4O. The summed E-state index contributed by atoms with van der Waals surface area (Å²) in [4.78, 5) is 16.3. The van der Waals surface area contributed by atoms with Crippen LogP contribution in [0.3, 0.4) is 0 Å². The number of anilines is 1. The Morgan fingerprint density at radius 1 is 1.33 bits per heavy atom. The molecule has 1 aromatic rings. The zero-order chi connectivity index (χ0) is 17.2. The number of para-hydroxylation sites is 1. The third-order valence-electron chi connectivity index (χ3n) is 4.96. The normalized spacial score (nSPS) is 21.0. The summed E-state index contributed by atoms with van der Waals surface area (Å²) in [5.41, 5.74) is -0.126. The number of piperazine rings is 1. The first-order valence-electron chi connectivity index (χ1n) is 8.46. The van der Waals surface area contributed by atoms with Gasteiger partial charge in [-0.25, -0.2) is 4.39 Å². The van der Waals surface area contributed by atoms with E-state index in [0.29, 0.717) is 31.9 Å². The van der Waals surface area contributed by atoms with Gasteiger partial charge in [-0.3, -0.25) is 9.69 Å². The van der Waals surface area contributed by atoms with E-state index in [1.165, 1.54) is 6.07 Å². The number of carbonyl (C=O) groups is 1. The fraction of sp³-hybridized carbons (Fsp3) is 0.556. The smallest absolute Gasteiger partial charge is 0.235 e. The predicted molar refractivity (Wildman–Crippen MR) is 89.9 cm³/mol. The van der Waals surface area contributed by atoms with E-state index >= 15 is 0 Å². The first-order chi connectivity index (χ1) is 11.5. The van der Waals surface area contributed by atoms with Crippen molar-refractivity contribution in [2.24, 2.45) is 5.92 Å². The van der Waals surface area contributed by atoms with Gasteiger partial charge in [-0.05, 0) is 37.8 Å². The average molecular weight is 330 g/mol. The lowest BCUT2D eigenvalue weighted by atomic mass is 9.98. The molecule has 1 saturated heterocycles. The zero-order valence-electron chi connectivity index (χ0n) is 14.0. The highest BCUT2D eigenvalue weighted by atomic mass is 19.1. The molecule has 24 heavy (non-hydrogen) atoms. The number of nitrogens with one attached hydrogen (secondary N) is 1. The number of rotatable bonds is 5. The van der Waals surface area contributed by atoms with Crippen LogP contribution in [0.4, 0.5) is 10.1 Å². The Morgan fingerprint density at radius 3 is 2.58 bits per heavy atom. The summed E-state index contributed by atoms with van der Waals surface area (Å²) in [7, 11) is 0. The van der Waals surface area contributed by atoms with Crippen molar-refractivity contribution in [3.63, 3.8) is 0 Å². The van der Waals surface area contributed by atoms with Crippen LogP contribution < -0.4 is 10.2 Å². The van der Waals surface area contributed by atoms with Gasteiger partial charge in [0.1, 0.15) is 11.4 Å². The minimum absolute atomic E-state index is 0.106. The van der Waals surface area contributed by atoms with Crippen molar-refractivity contribution >= 4 is 11.6 Å². The maximum atomic E-state index is 13.8. The minimum atomic E-state index is -0.744. The molecule has 128 valence electrons. The number of halogens is 1. The monoisotopic (exact) mass is 330 g/mol. The quantitative estimate of drug-likeness (QED) is 0.894. The van der Waals surface area contributed by atoms with Crippen molar-refractivity contribution in [2.75, 3.05) is 37.6 Å². The van der Waals surface area contributed by atoms with E-state index in [0.717, 1.165) is 12.8 Å². The largest absolute Gasteiger partial charge is 0.367 e. The van der Waals surface area contributed by atoms with Crippen LogP contribution >= 0.6 is 0 Å². The van der Waals surface area contributed by atoms with Crippen LogP contribution in [0.25, 0.3) is 0 Å². The Bertz CT molecular complexity index is 647. The van der Waals surface area contributed by atoms with Crippen LogP contribution in [0.2, 0.25) is 0 Å². The Labute approximate surface area is 142 Å². The van der Waals surface area contributed by atoms with Gasteiger partial charge >= 0.3 is 0 Å². The summed E-state index contributed by atoms with van der Waals surface area (Å²) in [6, 6.07) is 9.01. The van der Waals surface area contributed by atoms with Gasteiger partial charge < -0.3 is 10.2 Å². The lowest BCUT2D eigenvalue weighted by Gasteiger charge is -2.36. The third kappa shape index (κ3) is 3.68. The molecule has 0 aromatic heterocycles. The van der Waals surface area contributed by atoms with Gasteiger partial charge in [-0.1, -0.05) is 12.1 Å². The van der Waals surface area contributed by atoms with E-state index in [2.05, 4.69) is 16.3 Å². The molecule has 0 radical (unpaired) electrons. The highest BCUT2D eigenvalue weighted by Gasteiger charge is 2.43. The molecule has 2 fully saturated rings. The average Bonchev–Trinajstić information content (AvgIpc) is 3.41. The number of hydrogen-bond donors (Lipinski definition) is 1. The van der Waals surface area contributed by atoms with Crippen molar-refractivity contribution in [3.05, 3.63) is 30.1 Å². The second-order valence-electron chi connectivity index (χ2n) is 6.85. The molecule has 0 unspecified atom stereocenters. The maximum absolute atomic E-state index is 13.8. The zero-order valence-corrected chi connectivity index (χ0v) is 14.0. The van der Waals surface area contributed by atoms with E-state index in [9.17, 15) is 14.4 Å². The SMILES string of the molecule is C[C@@](C#N)(NC(=O)CN1CCN(c2ccccc2F)CC1)C1CC1. The highest BCUT2D eigenvalue weighted by molar-refractivity contribution is 5.79. The molecule has 1 aliphatic carbocycles. The van der Waals surface area contributed by atoms with E-state index in [4.69, 9.17) is 0 Å². The Balaban J connectivity index is 1.50. The molecule has 6 heteroatoms. The maximum Gasteiger partial charge on any atom is 0.235 e. The van der Waals surface area contributed by atoms with E-state index < -0.39 is 5.54 Å². The molecule has 1 amide bonds. The van der Waals surface area contributed by atoms with Crippen molar-refractivity contribution in [2.45, 2.75) is 25.3 Å². The molecule has 1 atom stereocenters. The molecule has 2 aliphatic rings. The van der Waals surface area contributed by atoms with Crippen molar-refractivity contribution in [1.29, 1.82) is 5.26 Å². The topological polar surface area (TPSA) is 59.4 Å². The van der Waals surface area contributed by atoms with Gasteiger partial charge in [-0.2, -0.15) is 5.26 Å². The van der Waals surface area contributed by atoms with Crippen molar-refractivity contribution < 1.29 is 9.18 Å². The molecule has 1 saturated carbocycles. The number of hydrogen-bond acceptors (Lipinski definition) is 4. The summed E-state index contributed by atoms with van der Waals surface area (Å²) in [5.74, 6) is -0.0347. The third-order valence-corrected chi connectivity index (χ3v) is 4.96. The minimum Gasteiger partial charge on any atom is -0.367 e. The van der Waals surface area contributed by atoms with Crippen molar-refractivity contribution in [3.8, 4) is 6.07 Å². The van der Waals surface area contributed by atoms with Crippen LogP contribution in [0.5, 0.6) is 0 Å². The summed E-state index contributed by atoms with van der Waals surface area (Å²) in [6.45, 7) is 4.87. The molecule has 1 aliphatic heterocycles. The van der Waals surface area contributed by atoms with E-state index in [1.807, 2.05) is 11.0 Å². The number of benzene rings is 1. The second kappa shape index (κ2) is 6.78. The first-order valence-corrected chi connectivity index (χ1v) is 8.46. The standard InChI is InChI=1S/C18H23FN4O/c1-18(13-20,14-6-7-14)21-17(24)12-22-8-10-23(11-9-22)16-5-3-2-4-15(16)19/h2-5,14H,6-12H2,1H3,(H,21,24)/t18-/m0/s1. The molecule has 0 spiro atoms. The van der Waals surface area contributed by atoms with E-state index in [-0.39, 0.29) is 24.2 Å². The fourth-order valence-electron chi connectivity index (χ4n) is 3.27. The van der Waals surface area contributed by atoms with Crippen LogP contribution in [0, 0.1) is 23.1 Å². The molecule has 1 N–H and O–H groups in total. The van der Waals surface area contributed by atoms with Crippen LogP contribution in [-0.2, 0) is 4.79 Å². The first kappa shape index (κ1) is 16.7. The molecule has 0 bridgehead atoms. The Morgan fingerprint density at radius 2 is 2.00 bits per heavy atom. The molecule has 1 aromatic carbocycles. The van der Waals surface area contributed by atoms with Crippen LogP contribution in [0.1, 0.15) is 19.8 Å². The van der Waals surface area contributed by atoms with Gasteiger partial charge in [0.2, 0.25) is 5.91 Å². The predicted octanol–water partition coefficient (Wildman–Crippen LogP) is 1.76. The summed E-state index contributed by atoms with van der Waals surface area (Å²) in [5, 5.41) is 12.2. The fourth-order valence-corrected chi connectivity index (χ4v) is 3.27. The lowest BCUT2D eigenvalue weighted by molar-refractivity contribution is -0.123. The number of nitriles is 1.